The molecule has 1 aliphatic rings. The number of nitrogens with two attached hydrogens (primary N) is 1. The Morgan fingerprint density at radius 3 is 2.89 bits per heavy atom. The molecule has 0 saturated carbocycles. The molecule has 19 heavy (non-hydrogen) atoms. The van der Waals surface area contributed by atoms with E-state index in [1.165, 1.54) is 18.2 Å². The number of hydrogen-bond acceptors (Lipinski definition) is 4. The highest BCUT2D eigenvalue weighted by Gasteiger charge is 2.18. The Morgan fingerprint density at radius 1 is 1.47 bits per heavy atom. The fourth-order valence-corrected chi connectivity index (χ4v) is 3.18. The molecule has 0 aliphatic carbocycles. The molecule has 0 spiro atoms. The van der Waals surface area contributed by atoms with Crippen molar-refractivity contribution in [1.29, 1.82) is 0 Å². The second kappa shape index (κ2) is 6.09. The van der Waals surface area contributed by atoms with E-state index in [9.17, 15) is 8.42 Å². The zero-order chi connectivity index (χ0) is 13.9. The van der Waals surface area contributed by atoms with Crippen LogP contribution in [0.15, 0.2) is 23.1 Å². The van der Waals surface area contributed by atoms with Crippen LogP contribution in [0.25, 0.3) is 0 Å². The first kappa shape index (κ1) is 14.6. The number of benzene rings is 1. The third-order valence-corrected chi connectivity index (χ3v) is 4.95. The Kier molecular flexibility index (Phi) is 4.67. The lowest BCUT2D eigenvalue weighted by Gasteiger charge is -2.10. The van der Waals surface area contributed by atoms with Crippen molar-refractivity contribution in [3.05, 3.63) is 23.2 Å². The number of ether oxygens (including phenoxy) is 1. The Labute approximate surface area is 118 Å². The maximum atomic E-state index is 12.0. The summed E-state index contributed by atoms with van der Waals surface area (Å²) in [6.07, 6.45) is 1.78. The lowest BCUT2D eigenvalue weighted by atomic mass is 10.1. The summed E-state index contributed by atoms with van der Waals surface area (Å²) in [6.45, 7) is 1.89. The van der Waals surface area contributed by atoms with Crippen LogP contribution in [-0.4, -0.2) is 28.2 Å². The van der Waals surface area contributed by atoms with Crippen LogP contribution in [0, 0.1) is 5.92 Å². The average molecular weight is 305 g/mol. The van der Waals surface area contributed by atoms with Crippen molar-refractivity contribution in [3.8, 4) is 0 Å². The lowest BCUT2D eigenvalue weighted by molar-refractivity contribution is 0.184. The summed E-state index contributed by atoms with van der Waals surface area (Å²) in [5, 5.41) is 0.349. The van der Waals surface area contributed by atoms with Gasteiger partial charge in [-0.1, -0.05) is 11.6 Å². The summed E-state index contributed by atoms with van der Waals surface area (Å²) in [5.74, 6) is 0.443. The van der Waals surface area contributed by atoms with Crippen molar-refractivity contribution in [2.75, 3.05) is 25.5 Å². The van der Waals surface area contributed by atoms with Crippen LogP contribution in [-0.2, 0) is 14.8 Å². The van der Waals surface area contributed by atoms with Crippen LogP contribution in [0.2, 0.25) is 5.02 Å². The van der Waals surface area contributed by atoms with Gasteiger partial charge in [-0.3, -0.25) is 0 Å². The first-order valence-corrected chi connectivity index (χ1v) is 7.97. The molecular formula is C12H17ClN2O3S. The third-order valence-electron chi connectivity index (χ3n) is 3.15. The Balaban J connectivity index is 1.95. The highest BCUT2D eigenvalue weighted by Crippen LogP contribution is 2.22. The molecule has 106 valence electrons. The summed E-state index contributed by atoms with van der Waals surface area (Å²) < 4.78 is 31.9. The van der Waals surface area contributed by atoms with Crippen molar-refractivity contribution in [2.45, 2.75) is 17.7 Å². The molecule has 0 radical (unpaired) electrons. The van der Waals surface area contributed by atoms with E-state index in [-0.39, 0.29) is 10.6 Å². The molecule has 1 unspecified atom stereocenters. The van der Waals surface area contributed by atoms with Gasteiger partial charge in [-0.2, -0.15) is 0 Å². The minimum absolute atomic E-state index is 0.136. The number of rotatable bonds is 5. The van der Waals surface area contributed by atoms with Crippen LogP contribution >= 0.6 is 11.6 Å². The fraction of sp³-hybridized carbons (Fsp3) is 0.500. The zero-order valence-corrected chi connectivity index (χ0v) is 12.0. The van der Waals surface area contributed by atoms with Crippen LogP contribution in [0.5, 0.6) is 0 Å². The molecule has 1 aromatic carbocycles. The van der Waals surface area contributed by atoms with Gasteiger partial charge < -0.3 is 10.5 Å². The van der Waals surface area contributed by atoms with Gasteiger partial charge in [-0.15, -0.1) is 0 Å². The summed E-state index contributed by atoms with van der Waals surface area (Å²) in [7, 11) is -3.52. The van der Waals surface area contributed by atoms with Gasteiger partial charge in [0.25, 0.3) is 0 Å². The van der Waals surface area contributed by atoms with E-state index in [0.29, 0.717) is 17.5 Å². The third kappa shape index (κ3) is 3.82. The number of anilines is 1. The van der Waals surface area contributed by atoms with Gasteiger partial charge in [0.15, 0.2) is 0 Å². The number of nitrogen functional groups attached to an aromatic ring is 1. The molecule has 1 aliphatic heterocycles. The number of sulfonamides is 1. The second-order valence-corrected chi connectivity index (χ2v) is 6.77. The van der Waals surface area contributed by atoms with E-state index < -0.39 is 10.0 Å². The van der Waals surface area contributed by atoms with Gasteiger partial charge in [0, 0.05) is 19.8 Å². The van der Waals surface area contributed by atoms with Gasteiger partial charge in [0.1, 0.15) is 0 Å². The van der Waals surface area contributed by atoms with Gasteiger partial charge in [0.05, 0.1) is 15.6 Å². The first-order valence-electron chi connectivity index (χ1n) is 6.11. The predicted molar refractivity (Wildman–Crippen MR) is 74.6 cm³/mol. The van der Waals surface area contributed by atoms with Crippen molar-refractivity contribution >= 4 is 27.3 Å². The minimum Gasteiger partial charge on any atom is -0.397 e. The number of halogens is 1. The molecule has 1 fully saturated rings. The second-order valence-electron chi connectivity index (χ2n) is 4.60. The SMILES string of the molecule is Nc1cc(S(=O)(=O)NCCC2CCOC2)ccc1Cl. The van der Waals surface area contributed by atoms with E-state index in [1.54, 1.807) is 0 Å². The van der Waals surface area contributed by atoms with Crippen molar-refractivity contribution in [1.82, 2.24) is 4.72 Å². The standard InChI is InChI=1S/C12H17ClN2O3S/c13-11-2-1-10(7-12(11)14)19(16,17)15-5-3-9-4-6-18-8-9/h1-2,7,9,15H,3-6,8,14H2. The van der Waals surface area contributed by atoms with E-state index >= 15 is 0 Å². The maximum absolute atomic E-state index is 12.0. The Morgan fingerprint density at radius 2 is 2.26 bits per heavy atom. The molecule has 0 aromatic heterocycles. The van der Waals surface area contributed by atoms with Crippen molar-refractivity contribution in [2.24, 2.45) is 5.92 Å². The lowest BCUT2D eigenvalue weighted by Crippen LogP contribution is -2.26. The molecule has 0 amide bonds. The van der Waals surface area contributed by atoms with Crippen LogP contribution < -0.4 is 10.5 Å². The molecular weight excluding hydrogens is 288 g/mol. The highest BCUT2D eigenvalue weighted by atomic mass is 35.5. The topological polar surface area (TPSA) is 81.4 Å². The predicted octanol–water partition coefficient (Wildman–Crippen LogP) is 1.63. The monoisotopic (exact) mass is 304 g/mol. The smallest absolute Gasteiger partial charge is 0.240 e. The fourth-order valence-electron chi connectivity index (χ4n) is 1.98. The molecule has 0 bridgehead atoms. The molecule has 3 N–H and O–H groups in total. The first-order chi connectivity index (χ1) is 8.99. The quantitative estimate of drug-likeness (QED) is 0.810. The van der Waals surface area contributed by atoms with Gasteiger partial charge in [-0.25, -0.2) is 13.1 Å². The van der Waals surface area contributed by atoms with Crippen molar-refractivity contribution in [3.63, 3.8) is 0 Å². The highest BCUT2D eigenvalue weighted by molar-refractivity contribution is 7.89. The largest absolute Gasteiger partial charge is 0.397 e. The van der Waals surface area contributed by atoms with Crippen LogP contribution in [0.4, 0.5) is 5.69 Å². The molecule has 7 heteroatoms. The molecule has 1 heterocycles. The van der Waals surface area contributed by atoms with Gasteiger partial charge >= 0.3 is 0 Å². The zero-order valence-electron chi connectivity index (χ0n) is 10.4. The van der Waals surface area contributed by atoms with Crippen LogP contribution in [0.3, 0.4) is 0 Å². The number of nitrogens with one attached hydrogen (secondary N) is 1. The summed E-state index contributed by atoms with van der Waals surface area (Å²) in [4.78, 5) is 0.136. The van der Waals surface area contributed by atoms with Gasteiger partial charge in [0.2, 0.25) is 10.0 Å². The summed E-state index contributed by atoms with van der Waals surface area (Å²) >= 11 is 5.77. The Bertz CT molecular complexity index is 542. The molecule has 1 saturated heterocycles. The summed E-state index contributed by atoms with van der Waals surface area (Å²) in [6, 6.07) is 4.29. The molecule has 1 aromatic rings. The maximum Gasteiger partial charge on any atom is 0.240 e. The van der Waals surface area contributed by atoms with E-state index in [2.05, 4.69) is 4.72 Å². The molecule has 5 nitrogen and oxygen atoms in total. The summed E-state index contributed by atoms with van der Waals surface area (Å²) in [5.41, 5.74) is 5.86. The van der Waals surface area contributed by atoms with E-state index in [0.717, 1.165) is 26.1 Å². The number of hydrogen-bond donors (Lipinski definition) is 2. The van der Waals surface area contributed by atoms with Crippen molar-refractivity contribution < 1.29 is 13.2 Å². The minimum atomic E-state index is -3.52. The Hall–Kier alpha value is -0.820. The van der Waals surface area contributed by atoms with Gasteiger partial charge in [-0.05, 0) is 37.0 Å². The van der Waals surface area contributed by atoms with E-state index in [1.807, 2.05) is 0 Å². The molecule has 2 rings (SSSR count). The van der Waals surface area contributed by atoms with E-state index in [4.69, 9.17) is 22.1 Å². The normalized spacial score (nSPS) is 19.7. The average Bonchev–Trinajstić information content (AvgIpc) is 2.85. The van der Waals surface area contributed by atoms with Crippen LogP contribution in [0.1, 0.15) is 12.8 Å². The molecule has 1 atom stereocenters.